The van der Waals surface area contributed by atoms with E-state index in [-0.39, 0.29) is 30.5 Å². The van der Waals surface area contributed by atoms with E-state index in [9.17, 15) is 23.8 Å². The molecule has 2 aliphatic rings. The first-order valence-electron chi connectivity index (χ1n) is 11.3. The van der Waals surface area contributed by atoms with E-state index >= 15 is 0 Å². The summed E-state index contributed by atoms with van der Waals surface area (Å²) in [5.41, 5.74) is 4.76. The number of carbonyl (C=O) groups is 1. The molecule has 1 aromatic carbocycles. The Hall–Kier alpha value is -2.78. The topological polar surface area (TPSA) is 112 Å². The Morgan fingerprint density at radius 2 is 1.88 bits per heavy atom. The SMILES string of the molecule is Nc1nc(CN2CCC(NC(=O)[C@](O)(c3ccccc3)C3CCC(F)(F)C3)CC2)ccc1O. The van der Waals surface area contributed by atoms with Gasteiger partial charge in [-0.25, -0.2) is 13.8 Å². The number of aromatic hydroxyl groups is 1. The van der Waals surface area contributed by atoms with Crippen LogP contribution in [0.4, 0.5) is 14.6 Å². The number of alkyl halides is 2. The van der Waals surface area contributed by atoms with Gasteiger partial charge in [0.05, 0.1) is 5.69 Å². The minimum atomic E-state index is -2.87. The molecule has 1 aliphatic heterocycles. The van der Waals surface area contributed by atoms with Gasteiger partial charge in [0.2, 0.25) is 5.92 Å². The van der Waals surface area contributed by atoms with Crippen LogP contribution in [0.15, 0.2) is 42.5 Å². The number of hydrogen-bond acceptors (Lipinski definition) is 6. The highest BCUT2D eigenvalue weighted by Gasteiger charge is 2.53. The van der Waals surface area contributed by atoms with Crippen molar-refractivity contribution in [1.82, 2.24) is 15.2 Å². The third-order valence-electron chi connectivity index (χ3n) is 6.82. The number of rotatable bonds is 6. The Kier molecular flexibility index (Phi) is 6.54. The van der Waals surface area contributed by atoms with Gasteiger partial charge in [0.15, 0.2) is 17.2 Å². The lowest BCUT2D eigenvalue weighted by molar-refractivity contribution is -0.149. The van der Waals surface area contributed by atoms with E-state index in [1.54, 1.807) is 36.4 Å². The highest BCUT2D eigenvalue weighted by molar-refractivity contribution is 5.87. The number of halogens is 2. The maximum absolute atomic E-state index is 14.0. The van der Waals surface area contributed by atoms with Crippen molar-refractivity contribution < 1.29 is 23.8 Å². The summed E-state index contributed by atoms with van der Waals surface area (Å²) in [6.07, 6.45) is 0.574. The summed E-state index contributed by atoms with van der Waals surface area (Å²) in [5, 5.41) is 24.0. The number of piperidine rings is 1. The molecule has 2 atom stereocenters. The van der Waals surface area contributed by atoms with Crippen LogP contribution in [-0.4, -0.2) is 51.1 Å². The van der Waals surface area contributed by atoms with Crippen LogP contribution in [0.25, 0.3) is 0 Å². The largest absolute Gasteiger partial charge is 0.504 e. The molecule has 2 heterocycles. The second-order valence-corrected chi connectivity index (χ2v) is 9.16. The van der Waals surface area contributed by atoms with Crippen LogP contribution in [0.2, 0.25) is 0 Å². The van der Waals surface area contributed by atoms with E-state index in [1.807, 2.05) is 0 Å². The zero-order valence-corrected chi connectivity index (χ0v) is 18.4. The number of carbonyl (C=O) groups excluding carboxylic acids is 1. The molecule has 4 rings (SSSR count). The van der Waals surface area contributed by atoms with Crippen molar-refractivity contribution in [3.63, 3.8) is 0 Å². The quantitative estimate of drug-likeness (QED) is 0.528. The number of nitrogens with two attached hydrogens (primary N) is 1. The molecule has 178 valence electrons. The van der Waals surface area contributed by atoms with Crippen molar-refractivity contribution in [1.29, 1.82) is 0 Å². The number of nitrogens with one attached hydrogen (secondary N) is 1. The number of nitrogens with zero attached hydrogens (tertiary/aromatic N) is 2. The smallest absolute Gasteiger partial charge is 0.257 e. The molecule has 1 aliphatic carbocycles. The number of benzene rings is 1. The van der Waals surface area contributed by atoms with Gasteiger partial charge in [-0.1, -0.05) is 30.3 Å². The predicted molar refractivity (Wildman–Crippen MR) is 119 cm³/mol. The molecule has 0 radical (unpaired) electrons. The molecule has 2 aromatic rings. The summed E-state index contributed by atoms with van der Waals surface area (Å²) in [7, 11) is 0. The molecule has 1 unspecified atom stereocenters. The number of aliphatic hydroxyl groups is 1. The van der Waals surface area contributed by atoms with Gasteiger partial charge in [0.1, 0.15) is 0 Å². The number of aromatic nitrogens is 1. The minimum absolute atomic E-state index is 0.0499. The number of likely N-dealkylation sites (tertiary alicyclic amines) is 1. The fraction of sp³-hybridized carbons (Fsp3) is 0.500. The van der Waals surface area contributed by atoms with E-state index < -0.39 is 29.8 Å². The van der Waals surface area contributed by atoms with Gasteiger partial charge in [-0.15, -0.1) is 0 Å². The zero-order valence-electron chi connectivity index (χ0n) is 18.4. The van der Waals surface area contributed by atoms with Gasteiger partial charge < -0.3 is 21.3 Å². The monoisotopic (exact) mass is 460 g/mol. The second-order valence-electron chi connectivity index (χ2n) is 9.16. The molecule has 0 spiro atoms. The van der Waals surface area contributed by atoms with Crippen LogP contribution in [-0.2, 0) is 16.9 Å². The molecular weight excluding hydrogens is 430 g/mol. The average molecular weight is 461 g/mol. The van der Waals surface area contributed by atoms with Crippen LogP contribution in [0, 0.1) is 5.92 Å². The van der Waals surface area contributed by atoms with Gasteiger partial charge in [-0.3, -0.25) is 9.69 Å². The van der Waals surface area contributed by atoms with Gasteiger partial charge in [0, 0.05) is 44.4 Å². The molecule has 5 N–H and O–H groups in total. The van der Waals surface area contributed by atoms with Crippen molar-refractivity contribution in [2.75, 3.05) is 18.8 Å². The molecule has 1 saturated carbocycles. The van der Waals surface area contributed by atoms with Crippen LogP contribution in [0.1, 0.15) is 43.4 Å². The van der Waals surface area contributed by atoms with Gasteiger partial charge in [0.25, 0.3) is 5.91 Å². The highest BCUT2D eigenvalue weighted by Crippen LogP contribution is 2.47. The van der Waals surface area contributed by atoms with Crippen molar-refractivity contribution in [3.05, 3.63) is 53.7 Å². The molecule has 7 nitrogen and oxygen atoms in total. The number of hydrogen-bond donors (Lipinski definition) is 4. The lowest BCUT2D eigenvalue weighted by atomic mass is 9.79. The Balaban J connectivity index is 1.40. The molecular formula is C24H30F2N4O3. The van der Waals surface area contributed by atoms with Gasteiger partial charge in [-0.05, 0) is 37.0 Å². The summed E-state index contributed by atoms with van der Waals surface area (Å²) >= 11 is 0. The maximum Gasteiger partial charge on any atom is 0.257 e. The Labute approximate surface area is 191 Å². The Bertz CT molecular complexity index is 983. The van der Waals surface area contributed by atoms with E-state index in [2.05, 4.69) is 15.2 Å². The fourth-order valence-corrected chi connectivity index (χ4v) is 4.91. The van der Waals surface area contributed by atoms with E-state index in [4.69, 9.17) is 5.73 Å². The average Bonchev–Trinajstić information content (AvgIpc) is 3.17. The standard InChI is InChI=1S/C24H30F2N4O3/c25-23(26)11-8-17(14-23)24(33,16-4-2-1-3-5-16)22(32)29-18-9-12-30(13-10-18)15-19-6-7-20(31)21(27)28-19/h1-7,17-18,31,33H,8-15H2,(H2,27,28)(H,29,32)/t17?,24-/m0/s1. The minimum Gasteiger partial charge on any atom is -0.504 e. The zero-order chi connectivity index (χ0) is 23.6. The third kappa shape index (κ3) is 5.09. The van der Waals surface area contributed by atoms with Crippen molar-refractivity contribution >= 4 is 11.7 Å². The second kappa shape index (κ2) is 9.23. The summed E-state index contributed by atoms with van der Waals surface area (Å²) in [6, 6.07) is 11.5. The maximum atomic E-state index is 14.0. The Morgan fingerprint density at radius 3 is 2.48 bits per heavy atom. The normalized spacial score (nSPS) is 23.2. The summed E-state index contributed by atoms with van der Waals surface area (Å²) in [6.45, 7) is 1.95. The molecule has 0 bridgehead atoms. The lowest BCUT2D eigenvalue weighted by Crippen LogP contribution is -2.54. The van der Waals surface area contributed by atoms with E-state index in [0.717, 1.165) is 5.69 Å². The molecule has 33 heavy (non-hydrogen) atoms. The first kappa shape index (κ1) is 23.4. The van der Waals surface area contributed by atoms with Crippen molar-refractivity contribution in [2.45, 2.75) is 56.2 Å². The highest BCUT2D eigenvalue weighted by atomic mass is 19.3. The molecule has 1 saturated heterocycles. The predicted octanol–water partition coefficient (Wildman–Crippen LogP) is 2.77. The fourth-order valence-electron chi connectivity index (χ4n) is 4.91. The Morgan fingerprint density at radius 1 is 1.18 bits per heavy atom. The summed E-state index contributed by atoms with van der Waals surface area (Å²) in [4.78, 5) is 19.7. The summed E-state index contributed by atoms with van der Waals surface area (Å²) < 4.78 is 27.9. The number of nitrogen functional groups attached to an aromatic ring is 1. The van der Waals surface area contributed by atoms with Crippen molar-refractivity contribution in [2.24, 2.45) is 5.92 Å². The molecule has 1 aromatic heterocycles. The van der Waals surface area contributed by atoms with Gasteiger partial charge >= 0.3 is 0 Å². The first-order valence-corrected chi connectivity index (χ1v) is 11.3. The van der Waals surface area contributed by atoms with E-state index in [0.29, 0.717) is 38.0 Å². The first-order chi connectivity index (χ1) is 15.7. The molecule has 9 heteroatoms. The molecule has 1 amide bonds. The summed E-state index contributed by atoms with van der Waals surface area (Å²) in [5.74, 6) is -4.28. The van der Waals surface area contributed by atoms with Crippen LogP contribution < -0.4 is 11.1 Å². The third-order valence-corrected chi connectivity index (χ3v) is 6.82. The van der Waals surface area contributed by atoms with Crippen LogP contribution in [0.3, 0.4) is 0 Å². The number of amides is 1. The number of anilines is 1. The van der Waals surface area contributed by atoms with Gasteiger partial charge in [-0.2, -0.15) is 0 Å². The molecule has 2 fully saturated rings. The van der Waals surface area contributed by atoms with Crippen LogP contribution >= 0.6 is 0 Å². The lowest BCUT2D eigenvalue weighted by Gasteiger charge is -2.37. The van der Waals surface area contributed by atoms with Crippen LogP contribution in [0.5, 0.6) is 5.75 Å². The van der Waals surface area contributed by atoms with Crippen molar-refractivity contribution in [3.8, 4) is 5.75 Å². The number of pyridine rings is 1. The van der Waals surface area contributed by atoms with E-state index in [1.165, 1.54) is 6.07 Å².